The van der Waals surface area contributed by atoms with Crippen molar-refractivity contribution in [2.24, 2.45) is 0 Å². The highest BCUT2D eigenvalue weighted by Crippen LogP contribution is 2.40. The van der Waals surface area contributed by atoms with E-state index in [9.17, 15) is 14.7 Å². The minimum Gasteiger partial charge on any atom is -0.507 e. The van der Waals surface area contributed by atoms with Crippen molar-refractivity contribution in [1.29, 1.82) is 0 Å². The Morgan fingerprint density at radius 2 is 1.79 bits per heavy atom. The molecule has 6 nitrogen and oxygen atoms in total. The lowest BCUT2D eigenvalue weighted by molar-refractivity contribution is -0.140. The summed E-state index contributed by atoms with van der Waals surface area (Å²) in [5.41, 5.74) is 3.44. The van der Waals surface area contributed by atoms with Gasteiger partial charge in [-0.2, -0.15) is 0 Å². The number of aliphatic hydroxyl groups excluding tert-OH is 1. The van der Waals surface area contributed by atoms with Crippen LogP contribution >= 0.6 is 0 Å². The van der Waals surface area contributed by atoms with Crippen LogP contribution in [0, 0.1) is 6.92 Å². The number of aryl methyl sites for hydroxylation is 1. The zero-order chi connectivity index (χ0) is 24.3. The number of nitrogens with zero attached hydrogens (tertiary/aromatic N) is 2. The third-order valence-corrected chi connectivity index (χ3v) is 6.00. The van der Waals surface area contributed by atoms with Crippen LogP contribution in [0.25, 0.3) is 5.76 Å². The highest BCUT2D eigenvalue weighted by molar-refractivity contribution is 6.46. The normalized spacial score (nSPS) is 17.9. The number of ketones is 1. The van der Waals surface area contributed by atoms with Gasteiger partial charge < -0.3 is 19.6 Å². The molecule has 1 heterocycles. The fraction of sp³-hybridized carbons (Fsp3) is 0.407. The van der Waals surface area contributed by atoms with Gasteiger partial charge in [-0.3, -0.25) is 9.59 Å². The van der Waals surface area contributed by atoms with Gasteiger partial charge in [0.25, 0.3) is 11.7 Å². The van der Waals surface area contributed by atoms with Crippen LogP contribution in [0.1, 0.15) is 55.0 Å². The molecule has 0 bridgehead atoms. The Balaban J connectivity index is 2.12. The molecule has 1 N–H and O–H groups in total. The molecule has 6 heteroatoms. The Hall–Kier alpha value is -3.12. The van der Waals surface area contributed by atoms with Gasteiger partial charge in [-0.15, -0.1) is 0 Å². The van der Waals surface area contributed by atoms with Crippen LogP contribution < -0.4 is 4.74 Å². The molecule has 0 radical (unpaired) electrons. The van der Waals surface area contributed by atoms with Crippen LogP contribution in [-0.4, -0.2) is 60.4 Å². The number of carbonyl (C=O) groups excluding carboxylic acids is 2. The van der Waals surface area contributed by atoms with Gasteiger partial charge in [-0.1, -0.05) is 38.1 Å². The molecule has 3 rings (SSSR count). The number of benzene rings is 2. The van der Waals surface area contributed by atoms with E-state index in [0.717, 1.165) is 16.9 Å². The number of amides is 1. The molecule has 0 unspecified atom stereocenters. The standard InChI is InChI=1S/C27H34N2O4/c1-7-33-22-13-12-21(16-18(22)4)25(30)23-24(20-10-8-19(9-11-20)17(2)3)29(15-14-28(5)6)27(32)26(23)31/h8-13,16-17,24,30H,7,14-15H2,1-6H3/t24-/m1/s1. The van der Waals surface area contributed by atoms with Crippen molar-refractivity contribution in [3.8, 4) is 5.75 Å². The van der Waals surface area contributed by atoms with E-state index < -0.39 is 17.7 Å². The number of hydrogen-bond acceptors (Lipinski definition) is 5. The molecule has 1 aliphatic rings. The minimum atomic E-state index is -0.657. The van der Waals surface area contributed by atoms with Gasteiger partial charge in [0.15, 0.2) is 0 Å². The van der Waals surface area contributed by atoms with Crippen molar-refractivity contribution in [2.45, 2.75) is 39.7 Å². The molecule has 0 saturated carbocycles. The van der Waals surface area contributed by atoms with E-state index in [2.05, 4.69) is 13.8 Å². The lowest BCUT2D eigenvalue weighted by atomic mass is 9.93. The van der Waals surface area contributed by atoms with E-state index in [-0.39, 0.29) is 11.3 Å². The van der Waals surface area contributed by atoms with Gasteiger partial charge in [0, 0.05) is 18.7 Å². The van der Waals surface area contributed by atoms with Crippen molar-refractivity contribution >= 4 is 17.4 Å². The average molecular weight is 451 g/mol. The molecule has 33 heavy (non-hydrogen) atoms. The second kappa shape index (κ2) is 10.2. The zero-order valence-corrected chi connectivity index (χ0v) is 20.4. The lowest BCUT2D eigenvalue weighted by Gasteiger charge is -2.27. The van der Waals surface area contributed by atoms with Crippen LogP contribution in [0.4, 0.5) is 0 Å². The fourth-order valence-corrected chi connectivity index (χ4v) is 4.10. The first-order chi connectivity index (χ1) is 15.6. The second-order valence-corrected chi connectivity index (χ2v) is 9.03. The number of aliphatic hydroxyl groups is 1. The van der Waals surface area contributed by atoms with Crippen molar-refractivity contribution < 1.29 is 19.4 Å². The van der Waals surface area contributed by atoms with Crippen LogP contribution in [0.5, 0.6) is 5.75 Å². The van der Waals surface area contributed by atoms with Gasteiger partial charge in [0.2, 0.25) is 0 Å². The summed E-state index contributed by atoms with van der Waals surface area (Å²) in [5, 5.41) is 11.3. The van der Waals surface area contributed by atoms with Crippen molar-refractivity contribution in [2.75, 3.05) is 33.8 Å². The number of carbonyl (C=O) groups is 2. The van der Waals surface area contributed by atoms with Crippen molar-refractivity contribution in [1.82, 2.24) is 9.80 Å². The Bertz CT molecular complexity index is 1050. The predicted octanol–water partition coefficient (Wildman–Crippen LogP) is 4.50. The SMILES string of the molecule is CCOc1ccc(C(O)=C2C(=O)C(=O)N(CCN(C)C)[C@@H]2c2ccc(C(C)C)cc2)cc1C. The highest BCUT2D eigenvalue weighted by Gasteiger charge is 2.45. The summed E-state index contributed by atoms with van der Waals surface area (Å²) in [4.78, 5) is 29.7. The number of likely N-dealkylation sites (tertiary alicyclic amines) is 1. The molecule has 0 spiro atoms. The summed E-state index contributed by atoms with van der Waals surface area (Å²) in [6.45, 7) is 9.56. The van der Waals surface area contributed by atoms with Gasteiger partial charge in [-0.05, 0) is 68.8 Å². The number of rotatable bonds is 8. The summed E-state index contributed by atoms with van der Waals surface area (Å²) in [6.07, 6.45) is 0. The van der Waals surface area contributed by atoms with Crippen LogP contribution in [0.3, 0.4) is 0 Å². The van der Waals surface area contributed by atoms with Crippen molar-refractivity contribution in [3.63, 3.8) is 0 Å². The zero-order valence-electron chi connectivity index (χ0n) is 20.4. The molecular weight excluding hydrogens is 416 g/mol. The quantitative estimate of drug-likeness (QED) is 0.364. The number of likely N-dealkylation sites (N-methyl/N-ethyl adjacent to an activating group) is 1. The molecule has 0 aromatic heterocycles. The third-order valence-electron chi connectivity index (χ3n) is 6.00. The van der Waals surface area contributed by atoms with Crippen LogP contribution in [0.2, 0.25) is 0 Å². The summed E-state index contributed by atoms with van der Waals surface area (Å²) in [7, 11) is 3.84. The minimum absolute atomic E-state index is 0.125. The van der Waals surface area contributed by atoms with E-state index in [1.54, 1.807) is 23.1 Å². The van der Waals surface area contributed by atoms with Gasteiger partial charge in [-0.25, -0.2) is 0 Å². The lowest BCUT2D eigenvalue weighted by Crippen LogP contribution is -2.35. The monoisotopic (exact) mass is 450 g/mol. The van der Waals surface area contributed by atoms with Crippen molar-refractivity contribution in [3.05, 3.63) is 70.3 Å². The second-order valence-electron chi connectivity index (χ2n) is 9.03. The van der Waals surface area contributed by atoms with Gasteiger partial charge >= 0.3 is 0 Å². The Morgan fingerprint density at radius 1 is 1.12 bits per heavy atom. The first-order valence-corrected chi connectivity index (χ1v) is 11.4. The Labute approximate surface area is 196 Å². The van der Waals surface area contributed by atoms with E-state index >= 15 is 0 Å². The van der Waals surface area contributed by atoms with E-state index in [0.29, 0.717) is 31.2 Å². The number of ether oxygens (including phenoxy) is 1. The van der Waals surface area contributed by atoms with Crippen LogP contribution in [0.15, 0.2) is 48.0 Å². The topological polar surface area (TPSA) is 70.1 Å². The van der Waals surface area contributed by atoms with Gasteiger partial charge in [0.05, 0.1) is 18.2 Å². The summed E-state index contributed by atoms with van der Waals surface area (Å²) < 4.78 is 5.60. The molecule has 0 aliphatic carbocycles. The Kier molecular flexibility index (Phi) is 7.59. The predicted molar refractivity (Wildman–Crippen MR) is 130 cm³/mol. The molecule has 176 valence electrons. The molecule has 2 aromatic rings. The van der Waals surface area contributed by atoms with Crippen LogP contribution in [-0.2, 0) is 9.59 Å². The summed E-state index contributed by atoms with van der Waals surface area (Å²) in [5.74, 6) is -0.313. The third kappa shape index (κ3) is 5.11. The van der Waals surface area contributed by atoms with E-state index in [1.165, 1.54) is 5.56 Å². The smallest absolute Gasteiger partial charge is 0.295 e. The average Bonchev–Trinajstić information content (AvgIpc) is 3.03. The molecular formula is C27H34N2O4. The largest absolute Gasteiger partial charge is 0.507 e. The maximum atomic E-state index is 13.1. The van der Waals surface area contributed by atoms with Gasteiger partial charge in [0.1, 0.15) is 11.5 Å². The van der Waals surface area contributed by atoms with E-state index in [4.69, 9.17) is 4.74 Å². The summed E-state index contributed by atoms with van der Waals surface area (Å²) >= 11 is 0. The maximum Gasteiger partial charge on any atom is 0.295 e. The molecule has 1 fully saturated rings. The molecule has 2 aromatic carbocycles. The first kappa shape index (κ1) is 24.5. The maximum absolute atomic E-state index is 13.1. The molecule has 1 saturated heterocycles. The molecule has 1 amide bonds. The fourth-order valence-electron chi connectivity index (χ4n) is 4.10. The highest BCUT2D eigenvalue weighted by atomic mass is 16.5. The first-order valence-electron chi connectivity index (χ1n) is 11.4. The number of Topliss-reactive ketones (excluding diaryl/α,β-unsaturated/α-hetero) is 1. The Morgan fingerprint density at radius 3 is 2.33 bits per heavy atom. The number of hydrogen-bond donors (Lipinski definition) is 1. The van der Waals surface area contributed by atoms with E-state index in [1.807, 2.05) is 57.1 Å². The molecule has 1 atom stereocenters. The molecule has 1 aliphatic heterocycles. The summed E-state index contributed by atoms with van der Waals surface area (Å²) in [6, 6.07) is 12.6.